The van der Waals surface area contributed by atoms with Crippen molar-refractivity contribution in [2.24, 2.45) is 7.05 Å². The summed E-state index contributed by atoms with van der Waals surface area (Å²) in [6.07, 6.45) is 2.87. The summed E-state index contributed by atoms with van der Waals surface area (Å²) in [5.41, 5.74) is 2.94. The lowest BCUT2D eigenvalue weighted by molar-refractivity contribution is 0.0963. The fourth-order valence-corrected chi connectivity index (χ4v) is 1.96. The molecule has 0 radical (unpaired) electrons. The quantitative estimate of drug-likeness (QED) is 0.775. The van der Waals surface area contributed by atoms with Crippen molar-refractivity contribution in [3.63, 3.8) is 0 Å². The lowest BCUT2D eigenvalue weighted by Crippen LogP contribution is -2.19. The molecular formula is C15H20N4O. The molecule has 106 valence electrons. The van der Waals surface area contributed by atoms with Gasteiger partial charge in [-0.2, -0.15) is 5.10 Å². The standard InChI is InChI=1S/C15H20N4O/c1-16-15(20)13-5-3-12(4-6-13)11-17-9-7-14-8-10-19(2)18-14/h3-6,8,10,17H,7,9,11H2,1-2H3,(H,16,20). The fraction of sp³-hybridized carbons (Fsp3) is 0.333. The molecule has 0 saturated carbocycles. The second kappa shape index (κ2) is 6.86. The SMILES string of the molecule is CNC(=O)c1ccc(CNCCc2ccn(C)n2)cc1. The highest BCUT2D eigenvalue weighted by Gasteiger charge is 2.02. The Morgan fingerprint density at radius 3 is 2.60 bits per heavy atom. The smallest absolute Gasteiger partial charge is 0.251 e. The molecule has 2 rings (SSSR count). The Bertz CT molecular complexity index is 560. The molecule has 1 amide bonds. The highest BCUT2D eigenvalue weighted by atomic mass is 16.1. The third-order valence-electron chi connectivity index (χ3n) is 3.10. The van der Waals surface area contributed by atoms with Crippen LogP contribution in [0.25, 0.3) is 0 Å². The van der Waals surface area contributed by atoms with Crippen LogP contribution < -0.4 is 10.6 Å². The summed E-state index contributed by atoms with van der Waals surface area (Å²) in [6.45, 7) is 1.68. The maximum Gasteiger partial charge on any atom is 0.251 e. The molecular weight excluding hydrogens is 252 g/mol. The Labute approximate surface area is 119 Å². The number of amides is 1. The summed E-state index contributed by atoms with van der Waals surface area (Å²) < 4.78 is 1.81. The summed E-state index contributed by atoms with van der Waals surface area (Å²) >= 11 is 0. The van der Waals surface area contributed by atoms with Crippen molar-refractivity contribution >= 4 is 5.91 Å². The number of hydrogen-bond donors (Lipinski definition) is 2. The van der Waals surface area contributed by atoms with Crippen LogP contribution in [0.3, 0.4) is 0 Å². The highest BCUT2D eigenvalue weighted by Crippen LogP contribution is 2.04. The summed E-state index contributed by atoms with van der Waals surface area (Å²) in [4.78, 5) is 11.4. The molecule has 2 aromatic rings. The molecule has 0 saturated heterocycles. The maximum atomic E-state index is 11.4. The van der Waals surface area contributed by atoms with Gasteiger partial charge in [-0.25, -0.2) is 0 Å². The average Bonchev–Trinajstić information content (AvgIpc) is 2.89. The number of rotatable bonds is 6. The van der Waals surface area contributed by atoms with Crippen LogP contribution in [0.2, 0.25) is 0 Å². The van der Waals surface area contributed by atoms with Crippen molar-refractivity contribution in [1.29, 1.82) is 0 Å². The van der Waals surface area contributed by atoms with Crippen LogP contribution in [0.4, 0.5) is 0 Å². The normalized spacial score (nSPS) is 10.5. The monoisotopic (exact) mass is 272 g/mol. The van der Waals surface area contributed by atoms with E-state index in [-0.39, 0.29) is 5.91 Å². The van der Waals surface area contributed by atoms with Gasteiger partial charge in [-0.15, -0.1) is 0 Å². The number of carbonyl (C=O) groups excluding carboxylic acids is 1. The zero-order chi connectivity index (χ0) is 14.4. The first-order valence-electron chi connectivity index (χ1n) is 6.69. The second-order valence-electron chi connectivity index (χ2n) is 4.68. The third kappa shape index (κ3) is 3.93. The Hall–Kier alpha value is -2.14. The number of nitrogens with zero attached hydrogens (tertiary/aromatic N) is 2. The zero-order valence-corrected chi connectivity index (χ0v) is 11.9. The first kappa shape index (κ1) is 14.3. The van der Waals surface area contributed by atoms with Gasteiger partial charge in [0.2, 0.25) is 0 Å². The summed E-state index contributed by atoms with van der Waals surface area (Å²) in [5.74, 6) is -0.0559. The van der Waals surface area contributed by atoms with Crippen LogP contribution in [0.1, 0.15) is 21.6 Å². The minimum absolute atomic E-state index is 0.0559. The van der Waals surface area contributed by atoms with E-state index in [1.54, 1.807) is 7.05 Å². The fourth-order valence-electron chi connectivity index (χ4n) is 1.96. The first-order chi connectivity index (χ1) is 9.69. The van der Waals surface area contributed by atoms with Crippen molar-refractivity contribution in [3.8, 4) is 0 Å². The largest absolute Gasteiger partial charge is 0.355 e. The van der Waals surface area contributed by atoms with Gasteiger partial charge in [0, 0.05) is 45.4 Å². The number of hydrogen-bond acceptors (Lipinski definition) is 3. The van der Waals surface area contributed by atoms with Gasteiger partial charge in [0.1, 0.15) is 0 Å². The van der Waals surface area contributed by atoms with E-state index >= 15 is 0 Å². The van der Waals surface area contributed by atoms with E-state index in [9.17, 15) is 4.79 Å². The minimum Gasteiger partial charge on any atom is -0.355 e. The lowest BCUT2D eigenvalue weighted by Gasteiger charge is -2.05. The third-order valence-corrected chi connectivity index (χ3v) is 3.10. The topological polar surface area (TPSA) is 59.0 Å². The zero-order valence-electron chi connectivity index (χ0n) is 11.9. The van der Waals surface area contributed by atoms with E-state index < -0.39 is 0 Å². The van der Waals surface area contributed by atoms with Gasteiger partial charge in [0.25, 0.3) is 5.91 Å². The van der Waals surface area contributed by atoms with Gasteiger partial charge in [-0.3, -0.25) is 9.48 Å². The number of benzene rings is 1. The molecule has 5 heteroatoms. The van der Waals surface area contributed by atoms with Gasteiger partial charge in [-0.1, -0.05) is 12.1 Å². The Morgan fingerprint density at radius 2 is 2.00 bits per heavy atom. The van der Waals surface area contributed by atoms with Crippen molar-refractivity contribution in [3.05, 3.63) is 53.3 Å². The Morgan fingerprint density at radius 1 is 1.25 bits per heavy atom. The Kier molecular flexibility index (Phi) is 4.90. The number of aromatic nitrogens is 2. The molecule has 5 nitrogen and oxygen atoms in total. The van der Waals surface area contributed by atoms with Crippen LogP contribution in [-0.2, 0) is 20.0 Å². The molecule has 0 aliphatic carbocycles. The lowest BCUT2D eigenvalue weighted by atomic mass is 10.1. The number of nitrogens with one attached hydrogen (secondary N) is 2. The molecule has 0 aliphatic heterocycles. The van der Waals surface area contributed by atoms with Crippen LogP contribution in [0, 0.1) is 0 Å². The van der Waals surface area contributed by atoms with Crippen molar-refractivity contribution < 1.29 is 4.79 Å². The summed E-state index contributed by atoms with van der Waals surface area (Å²) in [5, 5.41) is 10.3. The van der Waals surface area contributed by atoms with Crippen LogP contribution in [-0.4, -0.2) is 29.3 Å². The molecule has 1 heterocycles. The van der Waals surface area contributed by atoms with Crippen molar-refractivity contribution in [1.82, 2.24) is 20.4 Å². The summed E-state index contributed by atoms with van der Waals surface area (Å²) in [6, 6.07) is 9.65. The minimum atomic E-state index is -0.0559. The summed E-state index contributed by atoms with van der Waals surface area (Å²) in [7, 11) is 3.56. The van der Waals surface area contributed by atoms with Gasteiger partial charge in [-0.05, 0) is 23.8 Å². The van der Waals surface area contributed by atoms with Crippen LogP contribution in [0.5, 0.6) is 0 Å². The van der Waals surface area contributed by atoms with E-state index in [4.69, 9.17) is 0 Å². The molecule has 20 heavy (non-hydrogen) atoms. The van der Waals surface area contributed by atoms with E-state index in [1.165, 1.54) is 5.56 Å². The second-order valence-corrected chi connectivity index (χ2v) is 4.68. The molecule has 0 unspecified atom stereocenters. The van der Waals surface area contributed by atoms with Crippen molar-refractivity contribution in [2.75, 3.05) is 13.6 Å². The number of aryl methyl sites for hydroxylation is 1. The number of carbonyl (C=O) groups is 1. The van der Waals surface area contributed by atoms with E-state index in [0.717, 1.165) is 25.2 Å². The van der Waals surface area contributed by atoms with E-state index in [1.807, 2.05) is 48.3 Å². The molecule has 1 aromatic carbocycles. The average molecular weight is 272 g/mol. The first-order valence-corrected chi connectivity index (χ1v) is 6.69. The van der Waals surface area contributed by atoms with Gasteiger partial charge >= 0.3 is 0 Å². The predicted molar refractivity (Wildman–Crippen MR) is 78.5 cm³/mol. The Balaban J connectivity index is 1.75. The molecule has 0 atom stereocenters. The van der Waals surface area contributed by atoms with Crippen LogP contribution in [0.15, 0.2) is 36.5 Å². The van der Waals surface area contributed by atoms with Crippen LogP contribution >= 0.6 is 0 Å². The van der Waals surface area contributed by atoms with Crippen molar-refractivity contribution in [2.45, 2.75) is 13.0 Å². The molecule has 0 spiro atoms. The van der Waals surface area contributed by atoms with Gasteiger partial charge in [0.05, 0.1) is 5.69 Å². The molecule has 0 fully saturated rings. The molecule has 1 aromatic heterocycles. The predicted octanol–water partition coefficient (Wildman–Crippen LogP) is 1.11. The molecule has 0 aliphatic rings. The highest BCUT2D eigenvalue weighted by molar-refractivity contribution is 5.93. The maximum absolute atomic E-state index is 11.4. The van der Waals surface area contributed by atoms with E-state index in [2.05, 4.69) is 15.7 Å². The van der Waals surface area contributed by atoms with Gasteiger partial charge < -0.3 is 10.6 Å². The molecule has 2 N–H and O–H groups in total. The molecule has 0 bridgehead atoms. The van der Waals surface area contributed by atoms with Gasteiger partial charge in [0.15, 0.2) is 0 Å². The van der Waals surface area contributed by atoms with E-state index in [0.29, 0.717) is 5.56 Å².